The first kappa shape index (κ1) is 18.8. The number of carbonyl (C=O) groups excluding carboxylic acids is 1. The fourth-order valence-electron chi connectivity index (χ4n) is 3.13. The first-order valence-electron chi connectivity index (χ1n) is 8.82. The van der Waals surface area contributed by atoms with Gasteiger partial charge < -0.3 is 9.64 Å². The molecule has 1 aromatic carbocycles. The van der Waals surface area contributed by atoms with Crippen LogP contribution in [0.3, 0.4) is 0 Å². The Labute approximate surface area is 159 Å². The molecule has 0 bridgehead atoms. The lowest BCUT2D eigenvalue weighted by atomic mass is 10.1. The van der Waals surface area contributed by atoms with Crippen molar-refractivity contribution in [1.29, 1.82) is 0 Å². The van der Waals surface area contributed by atoms with E-state index in [1.807, 2.05) is 67.1 Å². The third kappa shape index (κ3) is 4.06. The highest BCUT2D eigenvalue weighted by Crippen LogP contribution is 2.21. The number of amides is 1. The summed E-state index contributed by atoms with van der Waals surface area (Å²) in [5.41, 5.74) is 4.22. The SMILES string of the molecule is COC[C@H](c1ccccn1)N(C)C(=O)c1cccc(-n2nc(C)cc2C)c1. The molecule has 1 amide bonds. The maximum absolute atomic E-state index is 13.1. The predicted octanol–water partition coefficient (Wildman–Crippen LogP) is 3.34. The van der Waals surface area contributed by atoms with Crippen molar-refractivity contribution in [1.82, 2.24) is 19.7 Å². The van der Waals surface area contributed by atoms with E-state index >= 15 is 0 Å². The highest BCUT2D eigenvalue weighted by atomic mass is 16.5. The lowest BCUT2D eigenvalue weighted by molar-refractivity contribution is 0.0595. The van der Waals surface area contributed by atoms with Gasteiger partial charge in [0.15, 0.2) is 0 Å². The van der Waals surface area contributed by atoms with Crippen molar-refractivity contribution in [2.45, 2.75) is 19.9 Å². The maximum Gasteiger partial charge on any atom is 0.254 e. The van der Waals surface area contributed by atoms with Gasteiger partial charge in [-0.05, 0) is 50.2 Å². The average Bonchev–Trinajstić information content (AvgIpc) is 3.04. The molecular weight excluding hydrogens is 340 g/mol. The van der Waals surface area contributed by atoms with Gasteiger partial charge in [-0.3, -0.25) is 9.78 Å². The molecule has 2 aromatic heterocycles. The third-order valence-electron chi connectivity index (χ3n) is 4.49. The molecule has 0 aliphatic heterocycles. The van der Waals surface area contributed by atoms with E-state index in [1.54, 1.807) is 25.3 Å². The summed E-state index contributed by atoms with van der Waals surface area (Å²) in [7, 11) is 3.40. The number of pyridine rings is 1. The molecule has 0 spiro atoms. The molecule has 3 aromatic rings. The van der Waals surface area contributed by atoms with Crippen molar-refractivity contribution in [3.05, 3.63) is 77.4 Å². The van der Waals surface area contributed by atoms with Gasteiger partial charge in [0.2, 0.25) is 0 Å². The molecule has 27 heavy (non-hydrogen) atoms. The highest BCUT2D eigenvalue weighted by molar-refractivity contribution is 5.94. The molecule has 1 atom stereocenters. The predicted molar refractivity (Wildman–Crippen MR) is 104 cm³/mol. The fraction of sp³-hybridized carbons (Fsp3) is 0.286. The van der Waals surface area contributed by atoms with Gasteiger partial charge in [-0.1, -0.05) is 12.1 Å². The Hall–Kier alpha value is -2.99. The maximum atomic E-state index is 13.1. The van der Waals surface area contributed by atoms with Crippen molar-refractivity contribution < 1.29 is 9.53 Å². The summed E-state index contributed by atoms with van der Waals surface area (Å²) in [5.74, 6) is -0.0916. The molecule has 0 saturated heterocycles. The van der Waals surface area contributed by atoms with Crippen LogP contribution >= 0.6 is 0 Å². The molecule has 6 nitrogen and oxygen atoms in total. The normalized spacial score (nSPS) is 12.0. The monoisotopic (exact) mass is 364 g/mol. The highest BCUT2D eigenvalue weighted by Gasteiger charge is 2.24. The number of rotatable bonds is 6. The minimum absolute atomic E-state index is 0.0916. The number of carbonyl (C=O) groups is 1. The second-order valence-corrected chi connectivity index (χ2v) is 6.53. The van der Waals surface area contributed by atoms with Crippen LogP contribution in [0.25, 0.3) is 5.69 Å². The van der Waals surface area contributed by atoms with E-state index in [4.69, 9.17) is 4.74 Å². The van der Waals surface area contributed by atoms with Crippen LogP contribution in [0.4, 0.5) is 0 Å². The van der Waals surface area contributed by atoms with Crippen molar-refractivity contribution in [2.24, 2.45) is 0 Å². The minimum Gasteiger partial charge on any atom is -0.382 e. The standard InChI is InChI=1S/C21H24N4O2/c1-15-12-16(2)25(23-15)18-9-7-8-17(13-18)21(26)24(3)20(14-27-4)19-10-5-6-11-22-19/h5-13,20H,14H2,1-4H3/t20-/m1/s1. The molecule has 3 rings (SSSR count). The lowest BCUT2D eigenvalue weighted by Crippen LogP contribution is -2.34. The van der Waals surface area contributed by atoms with Crippen LogP contribution in [0, 0.1) is 13.8 Å². The van der Waals surface area contributed by atoms with Crippen LogP contribution in [0.15, 0.2) is 54.7 Å². The van der Waals surface area contributed by atoms with E-state index in [0.717, 1.165) is 22.8 Å². The Balaban J connectivity index is 1.90. The van der Waals surface area contributed by atoms with E-state index in [2.05, 4.69) is 10.1 Å². The van der Waals surface area contributed by atoms with Gasteiger partial charge in [-0.2, -0.15) is 5.10 Å². The summed E-state index contributed by atoms with van der Waals surface area (Å²) in [6.07, 6.45) is 1.72. The fourth-order valence-corrected chi connectivity index (χ4v) is 3.13. The first-order chi connectivity index (χ1) is 13.0. The average molecular weight is 364 g/mol. The molecule has 0 radical (unpaired) electrons. The number of ether oxygens (including phenoxy) is 1. The zero-order valence-corrected chi connectivity index (χ0v) is 16.1. The van der Waals surface area contributed by atoms with Crippen molar-refractivity contribution in [3.63, 3.8) is 0 Å². The molecular formula is C21H24N4O2. The number of benzene rings is 1. The molecule has 6 heteroatoms. The molecule has 0 saturated carbocycles. The van der Waals surface area contributed by atoms with Gasteiger partial charge in [-0.25, -0.2) is 4.68 Å². The van der Waals surface area contributed by atoms with Gasteiger partial charge in [0.25, 0.3) is 5.91 Å². The number of likely N-dealkylation sites (N-methyl/N-ethyl adjacent to an activating group) is 1. The zero-order chi connectivity index (χ0) is 19.4. The summed E-state index contributed by atoms with van der Waals surface area (Å²) in [5, 5.41) is 4.50. The van der Waals surface area contributed by atoms with Gasteiger partial charge in [0.05, 0.1) is 29.7 Å². The van der Waals surface area contributed by atoms with E-state index in [9.17, 15) is 4.79 Å². The first-order valence-corrected chi connectivity index (χ1v) is 8.82. The Morgan fingerprint density at radius 1 is 1.19 bits per heavy atom. The second-order valence-electron chi connectivity index (χ2n) is 6.53. The van der Waals surface area contributed by atoms with Crippen LogP contribution in [0.2, 0.25) is 0 Å². The quantitative estimate of drug-likeness (QED) is 0.673. The second kappa shape index (κ2) is 8.14. The van der Waals surface area contributed by atoms with Crippen LogP contribution in [0.5, 0.6) is 0 Å². The zero-order valence-electron chi connectivity index (χ0n) is 16.1. The molecule has 0 unspecified atom stereocenters. The minimum atomic E-state index is -0.263. The summed E-state index contributed by atoms with van der Waals surface area (Å²) in [4.78, 5) is 19.2. The van der Waals surface area contributed by atoms with Crippen molar-refractivity contribution >= 4 is 5.91 Å². The Kier molecular flexibility index (Phi) is 5.66. The van der Waals surface area contributed by atoms with E-state index in [1.165, 1.54) is 0 Å². The number of aromatic nitrogens is 3. The number of nitrogens with zero attached hydrogens (tertiary/aromatic N) is 4. The molecule has 0 aliphatic rings. The smallest absolute Gasteiger partial charge is 0.254 e. The van der Waals surface area contributed by atoms with Crippen molar-refractivity contribution in [2.75, 3.05) is 20.8 Å². The van der Waals surface area contributed by atoms with E-state index < -0.39 is 0 Å². The number of hydrogen-bond acceptors (Lipinski definition) is 4. The number of aryl methyl sites for hydroxylation is 2. The number of hydrogen-bond donors (Lipinski definition) is 0. The van der Waals surface area contributed by atoms with Gasteiger partial charge >= 0.3 is 0 Å². The summed E-state index contributed by atoms with van der Waals surface area (Å²) >= 11 is 0. The van der Waals surface area contributed by atoms with Gasteiger partial charge in [0, 0.05) is 31.6 Å². The number of methoxy groups -OCH3 is 1. The molecule has 140 valence electrons. The third-order valence-corrected chi connectivity index (χ3v) is 4.49. The Morgan fingerprint density at radius 2 is 2.00 bits per heavy atom. The van der Waals surface area contributed by atoms with Crippen LogP contribution in [-0.4, -0.2) is 46.3 Å². The van der Waals surface area contributed by atoms with E-state index in [0.29, 0.717) is 12.2 Å². The topological polar surface area (TPSA) is 60.2 Å². The Bertz CT molecular complexity index is 921. The largest absolute Gasteiger partial charge is 0.382 e. The van der Waals surface area contributed by atoms with Gasteiger partial charge in [-0.15, -0.1) is 0 Å². The summed E-state index contributed by atoms with van der Waals surface area (Å²) < 4.78 is 7.17. The van der Waals surface area contributed by atoms with Crippen LogP contribution < -0.4 is 0 Å². The van der Waals surface area contributed by atoms with Crippen molar-refractivity contribution in [3.8, 4) is 5.69 Å². The van der Waals surface area contributed by atoms with Crippen LogP contribution in [0.1, 0.15) is 33.5 Å². The van der Waals surface area contributed by atoms with Gasteiger partial charge in [0.1, 0.15) is 0 Å². The molecule has 0 fully saturated rings. The molecule has 0 N–H and O–H groups in total. The summed E-state index contributed by atoms with van der Waals surface area (Å²) in [6.45, 7) is 4.32. The van der Waals surface area contributed by atoms with E-state index in [-0.39, 0.29) is 11.9 Å². The summed E-state index contributed by atoms with van der Waals surface area (Å²) in [6, 6.07) is 14.9. The Morgan fingerprint density at radius 3 is 2.63 bits per heavy atom. The lowest BCUT2D eigenvalue weighted by Gasteiger charge is -2.27. The molecule has 0 aliphatic carbocycles. The van der Waals surface area contributed by atoms with Crippen LogP contribution in [-0.2, 0) is 4.74 Å². The molecule has 2 heterocycles.